The van der Waals surface area contributed by atoms with E-state index in [-0.39, 0.29) is 0 Å². The predicted molar refractivity (Wildman–Crippen MR) is 72.4 cm³/mol. The molecule has 90 valence electrons. The van der Waals surface area contributed by atoms with E-state index in [2.05, 4.69) is 16.3 Å². The molecule has 0 amide bonds. The van der Waals surface area contributed by atoms with Crippen LogP contribution in [0.2, 0.25) is 0 Å². The number of aromatic nitrogens is 2. The lowest BCUT2D eigenvalue weighted by molar-refractivity contribution is 0.414. The quantitative estimate of drug-likeness (QED) is 0.865. The number of anilines is 1. The third-order valence-corrected chi connectivity index (χ3v) is 3.51. The normalized spacial score (nSPS) is 10.2. The van der Waals surface area contributed by atoms with Crippen LogP contribution < -0.4 is 9.64 Å². The Hall–Kier alpha value is -1.40. The Morgan fingerprint density at radius 1 is 1.53 bits per heavy atom. The van der Waals surface area contributed by atoms with Crippen LogP contribution in [0, 0.1) is 3.95 Å². The van der Waals surface area contributed by atoms with Crippen molar-refractivity contribution >= 4 is 28.7 Å². The van der Waals surface area contributed by atoms with Gasteiger partial charge in [0.05, 0.1) is 7.11 Å². The van der Waals surface area contributed by atoms with E-state index < -0.39 is 0 Å². The summed E-state index contributed by atoms with van der Waals surface area (Å²) in [6.45, 7) is 0.771. The van der Waals surface area contributed by atoms with Gasteiger partial charge in [0.15, 0.2) is 3.95 Å². The molecule has 0 aliphatic carbocycles. The van der Waals surface area contributed by atoms with Crippen LogP contribution in [0.1, 0.15) is 5.56 Å². The number of H-pyrrole nitrogens is 1. The number of aromatic amines is 1. The molecular weight excluding hydrogens is 254 g/mol. The van der Waals surface area contributed by atoms with E-state index in [1.54, 1.807) is 7.11 Å². The molecule has 0 unspecified atom stereocenters. The summed E-state index contributed by atoms with van der Waals surface area (Å²) in [4.78, 5) is 2.05. The lowest BCUT2D eigenvalue weighted by atomic mass is 10.2. The standard InChI is InChI=1S/C11H13N3OS2/c1-14(10-12-13-11(16)17-10)7-8-4-3-5-9(6-8)15-2/h3-6H,7H2,1-2H3,(H,13,16). The van der Waals surface area contributed by atoms with Gasteiger partial charge in [-0.2, -0.15) is 0 Å². The minimum atomic E-state index is 0.692. The van der Waals surface area contributed by atoms with Crippen molar-refractivity contribution in [2.24, 2.45) is 0 Å². The lowest BCUT2D eigenvalue weighted by Crippen LogP contribution is -2.16. The fourth-order valence-corrected chi connectivity index (χ4v) is 2.34. The average molecular weight is 267 g/mol. The third-order valence-electron chi connectivity index (χ3n) is 2.31. The molecule has 0 radical (unpaired) electrons. The van der Waals surface area contributed by atoms with Crippen molar-refractivity contribution in [3.63, 3.8) is 0 Å². The monoisotopic (exact) mass is 267 g/mol. The second kappa shape index (κ2) is 5.29. The Morgan fingerprint density at radius 2 is 2.35 bits per heavy atom. The van der Waals surface area contributed by atoms with Gasteiger partial charge in [-0.05, 0) is 29.9 Å². The van der Waals surface area contributed by atoms with Gasteiger partial charge < -0.3 is 9.64 Å². The minimum Gasteiger partial charge on any atom is -0.497 e. The molecule has 4 nitrogen and oxygen atoms in total. The van der Waals surface area contributed by atoms with Crippen LogP contribution in [0.4, 0.5) is 5.13 Å². The summed E-state index contributed by atoms with van der Waals surface area (Å²) in [5.74, 6) is 0.866. The van der Waals surface area contributed by atoms with Crippen molar-refractivity contribution in [3.05, 3.63) is 33.8 Å². The molecule has 0 atom stereocenters. The molecule has 1 aromatic heterocycles. The van der Waals surface area contributed by atoms with Crippen molar-refractivity contribution in [2.75, 3.05) is 19.1 Å². The fourth-order valence-electron chi connectivity index (χ4n) is 1.50. The van der Waals surface area contributed by atoms with Crippen LogP contribution in [0.25, 0.3) is 0 Å². The summed E-state index contributed by atoms with van der Waals surface area (Å²) in [6.07, 6.45) is 0. The topological polar surface area (TPSA) is 41.1 Å². The van der Waals surface area contributed by atoms with E-state index in [0.717, 1.165) is 17.4 Å². The highest BCUT2D eigenvalue weighted by atomic mass is 32.1. The zero-order valence-corrected chi connectivity index (χ0v) is 11.3. The average Bonchev–Trinajstić information content (AvgIpc) is 2.76. The maximum atomic E-state index is 5.19. The number of methoxy groups -OCH3 is 1. The first-order valence-corrected chi connectivity index (χ1v) is 6.31. The Bertz CT molecular complexity index is 549. The Labute approximate surface area is 109 Å². The minimum absolute atomic E-state index is 0.692. The van der Waals surface area contributed by atoms with E-state index in [1.807, 2.05) is 30.1 Å². The Balaban J connectivity index is 2.12. The van der Waals surface area contributed by atoms with Crippen molar-refractivity contribution in [1.82, 2.24) is 10.2 Å². The molecule has 1 aromatic carbocycles. The molecular formula is C11H13N3OS2. The summed E-state index contributed by atoms with van der Waals surface area (Å²) in [6, 6.07) is 7.99. The van der Waals surface area contributed by atoms with Gasteiger partial charge >= 0.3 is 0 Å². The van der Waals surface area contributed by atoms with Gasteiger partial charge in [-0.3, -0.25) is 5.10 Å². The van der Waals surface area contributed by atoms with E-state index in [9.17, 15) is 0 Å². The van der Waals surface area contributed by atoms with E-state index in [4.69, 9.17) is 17.0 Å². The zero-order chi connectivity index (χ0) is 12.3. The van der Waals surface area contributed by atoms with E-state index in [0.29, 0.717) is 3.95 Å². The van der Waals surface area contributed by atoms with Gasteiger partial charge in [0, 0.05) is 13.6 Å². The summed E-state index contributed by atoms with van der Waals surface area (Å²) in [5.41, 5.74) is 1.17. The van der Waals surface area contributed by atoms with Gasteiger partial charge in [0.2, 0.25) is 5.13 Å². The van der Waals surface area contributed by atoms with Gasteiger partial charge in [0.25, 0.3) is 0 Å². The van der Waals surface area contributed by atoms with E-state index >= 15 is 0 Å². The number of nitrogens with zero attached hydrogens (tertiary/aromatic N) is 2. The maximum Gasteiger partial charge on any atom is 0.206 e. The van der Waals surface area contributed by atoms with Crippen LogP contribution in [0.3, 0.4) is 0 Å². The fraction of sp³-hybridized carbons (Fsp3) is 0.273. The van der Waals surface area contributed by atoms with Crippen molar-refractivity contribution in [2.45, 2.75) is 6.54 Å². The highest BCUT2D eigenvalue weighted by molar-refractivity contribution is 7.73. The molecule has 6 heteroatoms. The number of hydrogen-bond donors (Lipinski definition) is 1. The summed E-state index contributed by atoms with van der Waals surface area (Å²) in [7, 11) is 3.66. The first-order valence-electron chi connectivity index (χ1n) is 5.08. The highest BCUT2D eigenvalue weighted by Gasteiger charge is 2.06. The maximum absolute atomic E-state index is 5.19. The number of rotatable bonds is 4. The molecule has 0 aliphatic rings. The van der Waals surface area contributed by atoms with Crippen LogP contribution in [0.5, 0.6) is 5.75 Å². The molecule has 0 spiro atoms. The molecule has 0 bridgehead atoms. The third kappa shape index (κ3) is 3.04. The lowest BCUT2D eigenvalue weighted by Gasteiger charge is -2.15. The molecule has 2 rings (SSSR count). The SMILES string of the molecule is COc1cccc(CN(C)c2n[nH]c(=S)s2)c1. The molecule has 1 N–H and O–H groups in total. The summed E-state index contributed by atoms with van der Waals surface area (Å²) < 4.78 is 5.88. The van der Waals surface area contributed by atoms with Gasteiger partial charge in [-0.1, -0.05) is 23.5 Å². The number of nitrogens with one attached hydrogen (secondary N) is 1. The molecule has 17 heavy (non-hydrogen) atoms. The molecule has 0 fully saturated rings. The second-order valence-electron chi connectivity index (χ2n) is 3.60. The number of hydrogen-bond acceptors (Lipinski definition) is 5. The molecule has 0 saturated heterocycles. The van der Waals surface area contributed by atoms with Gasteiger partial charge in [-0.25, -0.2) is 0 Å². The molecule has 1 heterocycles. The highest BCUT2D eigenvalue weighted by Crippen LogP contribution is 2.20. The van der Waals surface area contributed by atoms with Crippen molar-refractivity contribution in [3.8, 4) is 5.75 Å². The summed E-state index contributed by atoms with van der Waals surface area (Å²) >= 11 is 6.48. The second-order valence-corrected chi connectivity index (χ2v) is 5.25. The molecule has 0 aliphatic heterocycles. The first-order chi connectivity index (χ1) is 8.19. The van der Waals surface area contributed by atoms with Gasteiger partial charge in [-0.15, -0.1) is 5.10 Å². The van der Waals surface area contributed by atoms with Crippen molar-refractivity contribution in [1.29, 1.82) is 0 Å². The number of ether oxygens (including phenoxy) is 1. The van der Waals surface area contributed by atoms with Crippen molar-refractivity contribution < 1.29 is 4.74 Å². The van der Waals surface area contributed by atoms with Gasteiger partial charge in [0.1, 0.15) is 5.75 Å². The number of benzene rings is 1. The van der Waals surface area contributed by atoms with Crippen LogP contribution >= 0.6 is 23.6 Å². The summed E-state index contributed by atoms with van der Waals surface area (Å²) in [5, 5.41) is 7.80. The van der Waals surface area contributed by atoms with Crippen LogP contribution in [-0.4, -0.2) is 24.4 Å². The molecule has 0 saturated carbocycles. The molecule has 2 aromatic rings. The van der Waals surface area contributed by atoms with Crippen LogP contribution in [-0.2, 0) is 6.54 Å². The smallest absolute Gasteiger partial charge is 0.206 e. The van der Waals surface area contributed by atoms with E-state index in [1.165, 1.54) is 16.9 Å². The van der Waals surface area contributed by atoms with Crippen LogP contribution in [0.15, 0.2) is 24.3 Å². The predicted octanol–water partition coefficient (Wildman–Crippen LogP) is 2.85. The zero-order valence-electron chi connectivity index (χ0n) is 9.64. The first kappa shape index (κ1) is 12.1. The Kier molecular flexibility index (Phi) is 3.75. The Morgan fingerprint density at radius 3 is 3.00 bits per heavy atom. The largest absolute Gasteiger partial charge is 0.497 e.